The van der Waals surface area contributed by atoms with Gasteiger partial charge in [-0.3, -0.25) is 9.59 Å². The molecule has 0 radical (unpaired) electrons. The number of carbonyl (C=O) groups excluding carboxylic acids is 2. The van der Waals surface area contributed by atoms with Gasteiger partial charge < -0.3 is 16.4 Å². The average Bonchev–Trinajstić information content (AvgIpc) is 2.41. The predicted molar refractivity (Wildman–Crippen MR) is 78.2 cm³/mol. The molecule has 4 N–H and O–H groups in total. The summed E-state index contributed by atoms with van der Waals surface area (Å²) in [6.45, 7) is 6.49. The van der Waals surface area contributed by atoms with Crippen LogP contribution in [0.5, 0.6) is 0 Å². The van der Waals surface area contributed by atoms with Gasteiger partial charge in [0.2, 0.25) is 5.91 Å². The molecule has 6 heteroatoms. The van der Waals surface area contributed by atoms with E-state index in [-0.39, 0.29) is 18.4 Å². The lowest BCUT2D eigenvalue weighted by atomic mass is 10.2. The normalized spacial score (nSPS) is 10.4. The van der Waals surface area contributed by atoms with E-state index in [0.717, 1.165) is 5.69 Å². The fourth-order valence-electron chi connectivity index (χ4n) is 1.57. The Hall–Kier alpha value is -2.11. The summed E-state index contributed by atoms with van der Waals surface area (Å²) in [4.78, 5) is 27.5. The summed E-state index contributed by atoms with van der Waals surface area (Å²) in [6.07, 6.45) is 0.695. The lowest BCUT2D eigenvalue weighted by molar-refractivity contribution is -0.120. The van der Waals surface area contributed by atoms with Crippen LogP contribution in [0.1, 0.15) is 36.8 Å². The molecule has 1 aromatic heterocycles. The van der Waals surface area contributed by atoms with Gasteiger partial charge >= 0.3 is 0 Å². The van der Waals surface area contributed by atoms with Gasteiger partial charge in [-0.2, -0.15) is 0 Å². The minimum absolute atomic E-state index is 0.0464. The van der Waals surface area contributed by atoms with E-state index in [9.17, 15) is 9.59 Å². The second-order valence-electron chi connectivity index (χ2n) is 5.01. The molecule has 1 heterocycles. The molecular formula is C14H22N4O2. The summed E-state index contributed by atoms with van der Waals surface area (Å²) in [6, 6.07) is 3.18. The number of anilines is 1. The number of hydrogen-bond donors (Lipinski definition) is 3. The van der Waals surface area contributed by atoms with Crippen LogP contribution in [0.2, 0.25) is 0 Å². The minimum Gasteiger partial charge on any atom is -0.384 e. The zero-order chi connectivity index (χ0) is 15.1. The van der Waals surface area contributed by atoms with Crippen LogP contribution in [0.25, 0.3) is 0 Å². The first kappa shape index (κ1) is 15.9. The monoisotopic (exact) mass is 278 g/mol. The molecule has 0 saturated heterocycles. The highest BCUT2D eigenvalue weighted by Crippen LogP contribution is 2.08. The Morgan fingerprint density at radius 2 is 2.00 bits per heavy atom. The Morgan fingerprint density at radius 3 is 2.60 bits per heavy atom. The number of carbonyl (C=O) groups is 2. The van der Waals surface area contributed by atoms with Gasteiger partial charge in [0, 0.05) is 17.8 Å². The van der Waals surface area contributed by atoms with E-state index in [4.69, 9.17) is 5.73 Å². The van der Waals surface area contributed by atoms with Gasteiger partial charge in [-0.1, -0.05) is 20.8 Å². The highest BCUT2D eigenvalue weighted by atomic mass is 16.2. The van der Waals surface area contributed by atoms with Crippen molar-refractivity contribution in [1.29, 1.82) is 0 Å². The van der Waals surface area contributed by atoms with Crippen LogP contribution >= 0.6 is 0 Å². The van der Waals surface area contributed by atoms with Gasteiger partial charge in [0.25, 0.3) is 5.91 Å². The van der Waals surface area contributed by atoms with Gasteiger partial charge in [0.15, 0.2) is 0 Å². The van der Waals surface area contributed by atoms with E-state index in [0.29, 0.717) is 30.3 Å². The van der Waals surface area contributed by atoms with E-state index < -0.39 is 0 Å². The molecule has 0 aromatic carbocycles. The molecule has 1 aromatic rings. The lowest BCUT2D eigenvalue weighted by Gasteiger charge is -2.09. The number of nitrogen functional groups attached to an aromatic ring is 1. The molecule has 0 aliphatic heterocycles. The molecule has 0 fully saturated rings. The first-order valence-electron chi connectivity index (χ1n) is 6.73. The van der Waals surface area contributed by atoms with Crippen molar-refractivity contribution >= 4 is 17.6 Å². The van der Waals surface area contributed by atoms with Crippen molar-refractivity contribution in [1.82, 2.24) is 15.6 Å². The minimum atomic E-state index is -0.325. The van der Waals surface area contributed by atoms with Crippen molar-refractivity contribution in [3.63, 3.8) is 0 Å². The van der Waals surface area contributed by atoms with Crippen LogP contribution in [0, 0.1) is 5.92 Å². The molecule has 0 bridgehead atoms. The van der Waals surface area contributed by atoms with E-state index in [1.54, 1.807) is 6.07 Å². The van der Waals surface area contributed by atoms with E-state index in [1.165, 1.54) is 6.07 Å². The van der Waals surface area contributed by atoms with Crippen LogP contribution in [0.4, 0.5) is 5.82 Å². The van der Waals surface area contributed by atoms with Crippen LogP contribution in [0.3, 0.4) is 0 Å². The Bertz CT molecular complexity index is 486. The molecule has 1 rings (SSSR count). The Kier molecular flexibility index (Phi) is 5.96. The molecule has 20 heavy (non-hydrogen) atoms. The maximum atomic E-state index is 11.9. The SMILES string of the molecule is CCc1cc(C(=O)NCC(=O)NCC(C)C)cc(N)n1. The van der Waals surface area contributed by atoms with Gasteiger partial charge in [0.1, 0.15) is 5.82 Å². The average molecular weight is 278 g/mol. The zero-order valence-electron chi connectivity index (χ0n) is 12.2. The fraction of sp³-hybridized carbons (Fsp3) is 0.500. The third kappa shape index (κ3) is 5.26. The Balaban J connectivity index is 2.54. The van der Waals surface area contributed by atoms with E-state index in [1.807, 2.05) is 20.8 Å². The molecule has 6 nitrogen and oxygen atoms in total. The van der Waals surface area contributed by atoms with Crippen LogP contribution in [0.15, 0.2) is 12.1 Å². The summed E-state index contributed by atoms with van der Waals surface area (Å²) in [5.74, 6) is 0.152. The van der Waals surface area contributed by atoms with Crippen LogP contribution < -0.4 is 16.4 Å². The third-order valence-corrected chi connectivity index (χ3v) is 2.64. The van der Waals surface area contributed by atoms with Gasteiger partial charge in [-0.15, -0.1) is 0 Å². The summed E-state index contributed by atoms with van der Waals surface area (Å²) < 4.78 is 0. The summed E-state index contributed by atoms with van der Waals surface area (Å²) in [5.41, 5.74) is 6.81. The molecule has 110 valence electrons. The largest absolute Gasteiger partial charge is 0.384 e. The Labute approximate surface area is 119 Å². The second kappa shape index (κ2) is 7.47. The molecule has 0 atom stereocenters. The van der Waals surface area contributed by atoms with Crippen LogP contribution in [-0.2, 0) is 11.2 Å². The third-order valence-electron chi connectivity index (χ3n) is 2.64. The van der Waals surface area contributed by atoms with Crippen LogP contribution in [-0.4, -0.2) is 29.9 Å². The molecule has 0 unspecified atom stereocenters. The van der Waals surface area contributed by atoms with Crippen molar-refractivity contribution in [2.75, 3.05) is 18.8 Å². The van der Waals surface area contributed by atoms with Crippen molar-refractivity contribution in [3.05, 3.63) is 23.4 Å². The maximum Gasteiger partial charge on any atom is 0.251 e. The summed E-state index contributed by atoms with van der Waals surface area (Å²) in [7, 11) is 0. The van der Waals surface area contributed by atoms with Crippen molar-refractivity contribution in [2.24, 2.45) is 5.92 Å². The quantitative estimate of drug-likeness (QED) is 0.714. The smallest absolute Gasteiger partial charge is 0.251 e. The predicted octanol–water partition coefficient (Wildman–Crippen LogP) is 0.728. The lowest BCUT2D eigenvalue weighted by Crippen LogP contribution is -2.38. The Morgan fingerprint density at radius 1 is 1.30 bits per heavy atom. The number of nitrogens with one attached hydrogen (secondary N) is 2. The summed E-state index contributed by atoms with van der Waals surface area (Å²) in [5, 5.41) is 5.30. The number of hydrogen-bond acceptors (Lipinski definition) is 4. The number of nitrogens with two attached hydrogens (primary N) is 1. The first-order chi connectivity index (χ1) is 9.42. The number of aryl methyl sites for hydroxylation is 1. The molecule has 0 aliphatic rings. The number of nitrogens with zero attached hydrogens (tertiary/aromatic N) is 1. The van der Waals surface area contributed by atoms with Crippen molar-refractivity contribution in [3.8, 4) is 0 Å². The summed E-state index contributed by atoms with van der Waals surface area (Å²) >= 11 is 0. The number of rotatable bonds is 6. The number of pyridine rings is 1. The molecule has 0 spiro atoms. The highest BCUT2D eigenvalue weighted by molar-refractivity contribution is 5.97. The molecule has 2 amide bonds. The second-order valence-corrected chi connectivity index (χ2v) is 5.01. The maximum absolute atomic E-state index is 11.9. The zero-order valence-corrected chi connectivity index (χ0v) is 12.2. The van der Waals surface area contributed by atoms with Crippen molar-refractivity contribution in [2.45, 2.75) is 27.2 Å². The van der Waals surface area contributed by atoms with Gasteiger partial charge in [-0.05, 0) is 24.5 Å². The topological polar surface area (TPSA) is 97.1 Å². The molecular weight excluding hydrogens is 256 g/mol. The first-order valence-corrected chi connectivity index (χ1v) is 6.73. The molecule has 0 aliphatic carbocycles. The van der Waals surface area contributed by atoms with Crippen molar-refractivity contribution < 1.29 is 9.59 Å². The number of amides is 2. The molecule has 0 saturated carbocycles. The number of aromatic nitrogens is 1. The van der Waals surface area contributed by atoms with Gasteiger partial charge in [0.05, 0.1) is 6.54 Å². The highest BCUT2D eigenvalue weighted by Gasteiger charge is 2.10. The standard InChI is InChI=1S/C14H22N4O2/c1-4-11-5-10(6-12(15)18-11)14(20)17-8-13(19)16-7-9(2)3/h5-6,9H,4,7-8H2,1-3H3,(H2,15,18)(H,16,19)(H,17,20). The van der Waals surface area contributed by atoms with E-state index >= 15 is 0 Å². The fourth-order valence-corrected chi connectivity index (χ4v) is 1.57. The van der Waals surface area contributed by atoms with E-state index in [2.05, 4.69) is 15.6 Å². The van der Waals surface area contributed by atoms with Gasteiger partial charge in [-0.25, -0.2) is 4.98 Å².